The number of hydrogen-bond acceptors (Lipinski definition) is 5. The van der Waals surface area contributed by atoms with E-state index in [0.29, 0.717) is 19.0 Å². The fraction of sp³-hybridized carbons (Fsp3) is 0.615. The van der Waals surface area contributed by atoms with Gasteiger partial charge in [0.2, 0.25) is 5.91 Å². The third-order valence-corrected chi connectivity index (χ3v) is 3.29. The van der Waals surface area contributed by atoms with Gasteiger partial charge in [0, 0.05) is 19.6 Å². The van der Waals surface area contributed by atoms with Crippen LogP contribution < -0.4 is 4.90 Å². The second-order valence-corrected chi connectivity index (χ2v) is 5.37. The van der Waals surface area contributed by atoms with Gasteiger partial charge in [0.15, 0.2) is 5.69 Å². The summed E-state index contributed by atoms with van der Waals surface area (Å²) >= 11 is 0. The molecule has 0 aliphatic carbocycles. The van der Waals surface area contributed by atoms with Gasteiger partial charge in [0.1, 0.15) is 12.3 Å². The molecule has 2 heterocycles. The number of rotatable bonds is 4. The summed E-state index contributed by atoms with van der Waals surface area (Å²) in [5.74, 6) is -0.713. The Kier molecular flexibility index (Phi) is 3.96. The van der Waals surface area contributed by atoms with Crippen molar-refractivity contribution in [3.05, 3.63) is 12.0 Å². The fourth-order valence-corrected chi connectivity index (χ4v) is 2.31. The molecule has 0 aromatic carbocycles. The first-order valence-electron chi connectivity index (χ1n) is 6.64. The average molecular weight is 281 g/mol. The van der Waals surface area contributed by atoms with Crippen molar-refractivity contribution in [1.29, 1.82) is 0 Å². The number of oxazole rings is 1. The monoisotopic (exact) mass is 281 g/mol. The molecule has 7 nitrogen and oxygen atoms in total. The second-order valence-electron chi connectivity index (χ2n) is 5.37. The smallest absolute Gasteiger partial charge is 0.357 e. The summed E-state index contributed by atoms with van der Waals surface area (Å²) in [5, 5.41) is 8.84. The molecular formula is C13H19N3O4. The number of carboxylic acid groups (broad SMARTS) is 1. The molecule has 0 spiro atoms. The van der Waals surface area contributed by atoms with E-state index in [1.807, 2.05) is 4.90 Å². The Bertz CT molecular complexity index is 511. The van der Waals surface area contributed by atoms with E-state index in [2.05, 4.69) is 18.8 Å². The molecule has 1 amide bonds. The number of hydrogen-bond donors (Lipinski definition) is 1. The molecule has 110 valence electrons. The van der Waals surface area contributed by atoms with Crippen molar-refractivity contribution < 1.29 is 19.1 Å². The summed E-state index contributed by atoms with van der Waals surface area (Å²) in [5.41, 5.74) is -0.149. The van der Waals surface area contributed by atoms with Crippen molar-refractivity contribution in [2.45, 2.75) is 26.8 Å². The molecule has 2 rings (SSSR count). The highest BCUT2D eigenvalue weighted by Gasteiger charge is 2.34. The molecule has 0 saturated carbocycles. The normalized spacial score (nSPS) is 19.8. The summed E-state index contributed by atoms with van der Waals surface area (Å²) in [7, 11) is 0. The SMILES string of the molecule is CC(C)CN1CCN(c2nc(C(=O)O)co2)C(C)C1=O. The molecular weight excluding hydrogens is 262 g/mol. The summed E-state index contributed by atoms with van der Waals surface area (Å²) in [6.07, 6.45) is 1.09. The van der Waals surface area contributed by atoms with Gasteiger partial charge in [-0.05, 0) is 12.8 Å². The van der Waals surface area contributed by atoms with Gasteiger partial charge in [0.25, 0.3) is 6.01 Å². The zero-order chi connectivity index (χ0) is 14.9. The molecule has 1 aromatic rings. The predicted molar refractivity (Wildman–Crippen MR) is 71.7 cm³/mol. The number of nitrogens with zero attached hydrogens (tertiary/aromatic N) is 3. The first kappa shape index (κ1) is 14.4. The Balaban J connectivity index is 2.11. The average Bonchev–Trinajstić information content (AvgIpc) is 2.84. The fourth-order valence-electron chi connectivity index (χ4n) is 2.31. The van der Waals surface area contributed by atoms with Gasteiger partial charge in [-0.25, -0.2) is 4.79 Å². The lowest BCUT2D eigenvalue weighted by molar-refractivity contribution is -0.134. The number of carbonyl (C=O) groups is 2. The molecule has 20 heavy (non-hydrogen) atoms. The molecule has 0 radical (unpaired) electrons. The zero-order valence-electron chi connectivity index (χ0n) is 11.9. The molecule has 7 heteroatoms. The van der Waals surface area contributed by atoms with Gasteiger partial charge in [-0.15, -0.1) is 0 Å². The van der Waals surface area contributed by atoms with E-state index in [1.165, 1.54) is 0 Å². The van der Waals surface area contributed by atoms with Crippen molar-refractivity contribution in [1.82, 2.24) is 9.88 Å². The van der Waals surface area contributed by atoms with Crippen LogP contribution in [0.5, 0.6) is 0 Å². The van der Waals surface area contributed by atoms with Crippen molar-refractivity contribution >= 4 is 17.9 Å². The summed E-state index contributed by atoms with van der Waals surface area (Å²) in [4.78, 5) is 30.5. The summed E-state index contributed by atoms with van der Waals surface area (Å²) in [6.45, 7) is 7.81. The third-order valence-electron chi connectivity index (χ3n) is 3.29. The first-order valence-corrected chi connectivity index (χ1v) is 6.64. The molecule has 0 bridgehead atoms. The van der Waals surface area contributed by atoms with Gasteiger partial charge in [-0.3, -0.25) is 4.79 Å². The minimum Gasteiger partial charge on any atom is -0.476 e. The van der Waals surface area contributed by atoms with E-state index < -0.39 is 12.0 Å². The number of carbonyl (C=O) groups excluding carboxylic acids is 1. The maximum atomic E-state index is 12.3. The van der Waals surface area contributed by atoms with Gasteiger partial charge in [-0.1, -0.05) is 13.8 Å². The molecule has 1 aliphatic heterocycles. The van der Waals surface area contributed by atoms with E-state index in [1.54, 1.807) is 11.8 Å². The Morgan fingerprint density at radius 2 is 2.25 bits per heavy atom. The molecule has 1 aliphatic rings. The van der Waals surface area contributed by atoms with Crippen molar-refractivity contribution in [3.63, 3.8) is 0 Å². The predicted octanol–water partition coefficient (Wildman–Crippen LogP) is 1.07. The van der Waals surface area contributed by atoms with Crippen LogP contribution in [0.1, 0.15) is 31.3 Å². The molecule has 1 unspecified atom stereocenters. The maximum Gasteiger partial charge on any atom is 0.357 e. The number of piperazine rings is 1. The van der Waals surface area contributed by atoms with E-state index in [9.17, 15) is 9.59 Å². The minimum absolute atomic E-state index is 0.0139. The molecule has 1 atom stereocenters. The van der Waals surface area contributed by atoms with Crippen LogP contribution in [0.25, 0.3) is 0 Å². The number of amides is 1. The lowest BCUT2D eigenvalue weighted by Gasteiger charge is -2.38. The van der Waals surface area contributed by atoms with Crippen molar-refractivity contribution in [3.8, 4) is 0 Å². The Hall–Kier alpha value is -2.05. The highest BCUT2D eigenvalue weighted by atomic mass is 16.4. The Morgan fingerprint density at radius 3 is 2.80 bits per heavy atom. The van der Waals surface area contributed by atoms with Crippen LogP contribution in [0.15, 0.2) is 10.7 Å². The number of carboxylic acids is 1. The van der Waals surface area contributed by atoms with Crippen LogP contribution in [-0.4, -0.2) is 52.5 Å². The maximum absolute atomic E-state index is 12.3. The lowest BCUT2D eigenvalue weighted by atomic mass is 10.1. The number of anilines is 1. The highest BCUT2D eigenvalue weighted by molar-refractivity contribution is 5.87. The van der Waals surface area contributed by atoms with E-state index in [0.717, 1.165) is 12.8 Å². The van der Waals surface area contributed by atoms with Crippen molar-refractivity contribution in [2.75, 3.05) is 24.5 Å². The quantitative estimate of drug-likeness (QED) is 0.888. The van der Waals surface area contributed by atoms with Crippen LogP contribution in [0.4, 0.5) is 6.01 Å². The van der Waals surface area contributed by atoms with Crippen molar-refractivity contribution in [2.24, 2.45) is 5.92 Å². The van der Waals surface area contributed by atoms with Gasteiger partial charge < -0.3 is 19.3 Å². The number of aromatic nitrogens is 1. The summed E-state index contributed by atoms with van der Waals surface area (Å²) in [6, 6.07) is -0.213. The van der Waals surface area contributed by atoms with Crippen LogP contribution in [0.3, 0.4) is 0 Å². The lowest BCUT2D eigenvalue weighted by Crippen LogP contribution is -2.56. The Labute approximate surface area is 117 Å². The van der Waals surface area contributed by atoms with Crippen LogP contribution in [0.2, 0.25) is 0 Å². The van der Waals surface area contributed by atoms with Gasteiger partial charge >= 0.3 is 5.97 Å². The van der Waals surface area contributed by atoms with Crippen LogP contribution in [-0.2, 0) is 4.79 Å². The molecule has 1 aromatic heterocycles. The highest BCUT2D eigenvalue weighted by Crippen LogP contribution is 2.21. The minimum atomic E-state index is -1.14. The number of aromatic carboxylic acids is 1. The van der Waals surface area contributed by atoms with E-state index in [-0.39, 0.29) is 17.6 Å². The second kappa shape index (κ2) is 5.52. The Morgan fingerprint density at radius 1 is 1.55 bits per heavy atom. The van der Waals surface area contributed by atoms with E-state index in [4.69, 9.17) is 9.52 Å². The standard InChI is InChI=1S/C13H19N3O4/c1-8(2)6-15-4-5-16(9(3)11(15)17)13-14-10(7-20-13)12(18)19/h7-9H,4-6H2,1-3H3,(H,18,19). The largest absolute Gasteiger partial charge is 0.476 e. The summed E-state index contributed by atoms with van der Waals surface area (Å²) < 4.78 is 5.16. The molecule has 1 N–H and O–H groups in total. The first-order chi connectivity index (χ1) is 9.40. The zero-order valence-corrected chi connectivity index (χ0v) is 11.9. The molecule has 1 saturated heterocycles. The van der Waals surface area contributed by atoms with E-state index >= 15 is 0 Å². The van der Waals surface area contributed by atoms with Gasteiger partial charge in [-0.2, -0.15) is 4.98 Å². The topological polar surface area (TPSA) is 86.9 Å². The third kappa shape index (κ3) is 2.76. The molecule has 1 fully saturated rings. The van der Waals surface area contributed by atoms with Crippen LogP contribution >= 0.6 is 0 Å². The van der Waals surface area contributed by atoms with Crippen LogP contribution in [0, 0.1) is 5.92 Å². The van der Waals surface area contributed by atoms with Gasteiger partial charge in [0.05, 0.1) is 0 Å².